The summed E-state index contributed by atoms with van der Waals surface area (Å²) in [7, 11) is 0. The van der Waals surface area contributed by atoms with Crippen LogP contribution >= 0.6 is 0 Å². The van der Waals surface area contributed by atoms with Gasteiger partial charge < -0.3 is 30.8 Å². The van der Waals surface area contributed by atoms with Gasteiger partial charge in [-0.05, 0) is 6.42 Å². The third-order valence-electron chi connectivity index (χ3n) is 5.85. The fourth-order valence-electron chi connectivity index (χ4n) is 3.67. The second kappa shape index (κ2) is 21.1. The summed E-state index contributed by atoms with van der Waals surface area (Å²) < 4.78 is 0. The van der Waals surface area contributed by atoms with Crippen molar-refractivity contribution in [1.82, 2.24) is 5.32 Å². The maximum Gasteiger partial charge on any atom is 0.251 e. The van der Waals surface area contributed by atoms with Crippen molar-refractivity contribution in [3.05, 3.63) is 0 Å². The SMILES string of the molecule is CCCCCCCCCCCCCCCCCCNC(=O)[C@@H](O)[C@@H](O)[C@@H](O)[C@H](O)CO. The molecule has 0 aliphatic heterocycles. The smallest absolute Gasteiger partial charge is 0.251 e. The molecule has 0 aromatic rings. The Labute approximate surface area is 189 Å². The second-order valence-electron chi connectivity index (χ2n) is 8.77. The lowest BCUT2D eigenvalue weighted by molar-refractivity contribution is -0.148. The van der Waals surface area contributed by atoms with Crippen LogP contribution in [0.2, 0.25) is 0 Å². The molecule has 0 unspecified atom stereocenters. The van der Waals surface area contributed by atoms with Gasteiger partial charge in [0.05, 0.1) is 6.61 Å². The Kier molecular flexibility index (Phi) is 20.6. The van der Waals surface area contributed by atoms with E-state index in [2.05, 4.69) is 12.2 Å². The molecule has 0 aliphatic carbocycles. The number of carbonyl (C=O) groups excluding carboxylic acids is 1. The predicted molar refractivity (Wildman–Crippen MR) is 124 cm³/mol. The number of aliphatic hydroxyl groups is 5. The van der Waals surface area contributed by atoms with Crippen molar-refractivity contribution in [2.24, 2.45) is 0 Å². The Bertz CT molecular complexity index is 410. The van der Waals surface area contributed by atoms with E-state index in [0.717, 1.165) is 19.3 Å². The highest BCUT2D eigenvalue weighted by atomic mass is 16.4. The van der Waals surface area contributed by atoms with Gasteiger partial charge >= 0.3 is 0 Å². The molecule has 0 spiro atoms. The number of hydrogen-bond donors (Lipinski definition) is 6. The number of aliphatic hydroxyl groups excluding tert-OH is 5. The van der Waals surface area contributed by atoms with Gasteiger partial charge in [-0.1, -0.05) is 103 Å². The summed E-state index contributed by atoms with van der Waals surface area (Å²) in [6, 6.07) is 0. The topological polar surface area (TPSA) is 130 Å². The molecule has 0 radical (unpaired) electrons. The molecule has 7 heteroatoms. The molecule has 1 amide bonds. The zero-order valence-corrected chi connectivity index (χ0v) is 19.7. The molecule has 0 bridgehead atoms. The van der Waals surface area contributed by atoms with E-state index in [1.807, 2.05) is 0 Å². The highest BCUT2D eigenvalue weighted by molar-refractivity contribution is 5.81. The summed E-state index contributed by atoms with van der Waals surface area (Å²) in [6.45, 7) is 1.87. The maximum atomic E-state index is 11.8. The lowest BCUT2D eigenvalue weighted by Crippen LogP contribution is -2.51. The van der Waals surface area contributed by atoms with Crippen LogP contribution in [-0.4, -0.2) is 69.0 Å². The van der Waals surface area contributed by atoms with E-state index in [-0.39, 0.29) is 0 Å². The van der Waals surface area contributed by atoms with Crippen LogP contribution in [0, 0.1) is 0 Å². The number of rotatable bonds is 22. The summed E-state index contributed by atoms with van der Waals surface area (Å²) >= 11 is 0. The molecule has 0 saturated carbocycles. The lowest BCUT2D eigenvalue weighted by atomic mass is 10.0. The van der Waals surface area contributed by atoms with Crippen molar-refractivity contribution in [2.75, 3.05) is 13.2 Å². The van der Waals surface area contributed by atoms with Gasteiger partial charge in [-0.25, -0.2) is 0 Å². The molecule has 6 N–H and O–H groups in total. The zero-order chi connectivity index (χ0) is 23.3. The average molecular weight is 448 g/mol. The monoisotopic (exact) mass is 447 g/mol. The highest BCUT2D eigenvalue weighted by Crippen LogP contribution is 2.13. The van der Waals surface area contributed by atoms with E-state index < -0.39 is 36.9 Å². The van der Waals surface area contributed by atoms with Crippen LogP contribution in [0.1, 0.15) is 110 Å². The summed E-state index contributed by atoms with van der Waals surface area (Å²) in [6.07, 6.45) is 13.2. The zero-order valence-electron chi connectivity index (χ0n) is 19.7. The van der Waals surface area contributed by atoms with Crippen LogP contribution in [0.4, 0.5) is 0 Å². The van der Waals surface area contributed by atoms with Crippen LogP contribution < -0.4 is 5.32 Å². The van der Waals surface area contributed by atoms with Gasteiger partial charge in [0.15, 0.2) is 6.10 Å². The molecule has 0 rings (SSSR count). The fraction of sp³-hybridized carbons (Fsp3) is 0.958. The minimum Gasteiger partial charge on any atom is -0.394 e. The average Bonchev–Trinajstić information content (AvgIpc) is 2.78. The minimum absolute atomic E-state index is 0.389. The van der Waals surface area contributed by atoms with Crippen LogP contribution in [0.25, 0.3) is 0 Å². The molecule has 0 aromatic heterocycles. The number of hydrogen-bond acceptors (Lipinski definition) is 6. The van der Waals surface area contributed by atoms with Gasteiger partial charge in [0, 0.05) is 6.54 Å². The van der Waals surface area contributed by atoms with Crippen molar-refractivity contribution in [3.63, 3.8) is 0 Å². The first-order valence-electron chi connectivity index (χ1n) is 12.6. The van der Waals surface area contributed by atoms with Gasteiger partial charge in [0.2, 0.25) is 0 Å². The molecule has 7 nitrogen and oxygen atoms in total. The van der Waals surface area contributed by atoms with E-state index in [4.69, 9.17) is 5.11 Å². The maximum absolute atomic E-state index is 11.8. The van der Waals surface area contributed by atoms with Gasteiger partial charge in [-0.3, -0.25) is 4.79 Å². The van der Waals surface area contributed by atoms with E-state index in [1.165, 1.54) is 83.5 Å². The Morgan fingerprint density at radius 1 is 0.645 bits per heavy atom. The molecule has 4 atom stereocenters. The first-order valence-corrected chi connectivity index (χ1v) is 12.6. The van der Waals surface area contributed by atoms with Crippen LogP contribution in [-0.2, 0) is 4.79 Å². The van der Waals surface area contributed by atoms with Crippen LogP contribution in [0.3, 0.4) is 0 Å². The van der Waals surface area contributed by atoms with Crippen molar-refractivity contribution in [1.29, 1.82) is 0 Å². The largest absolute Gasteiger partial charge is 0.394 e. The quantitative estimate of drug-likeness (QED) is 0.142. The van der Waals surface area contributed by atoms with E-state index in [0.29, 0.717) is 6.54 Å². The highest BCUT2D eigenvalue weighted by Gasteiger charge is 2.33. The Morgan fingerprint density at radius 3 is 1.42 bits per heavy atom. The van der Waals surface area contributed by atoms with Crippen molar-refractivity contribution in [2.45, 2.75) is 134 Å². The normalized spacial score (nSPS) is 15.4. The first-order chi connectivity index (χ1) is 15.0. The number of amides is 1. The molecule has 0 heterocycles. The number of unbranched alkanes of at least 4 members (excludes halogenated alkanes) is 15. The van der Waals surface area contributed by atoms with Crippen molar-refractivity contribution < 1.29 is 30.3 Å². The van der Waals surface area contributed by atoms with Gasteiger partial charge in [-0.15, -0.1) is 0 Å². The molecule has 0 aromatic carbocycles. The molecular formula is C24H49NO6. The van der Waals surface area contributed by atoms with Crippen LogP contribution in [0.15, 0.2) is 0 Å². The van der Waals surface area contributed by atoms with Gasteiger partial charge in [0.25, 0.3) is 5.91 Å². The summed E-state index contributed by atoms with van der Waals surface area (Å²) in [4.78, 5) is 11.8. The fourth-order valence-corrected chi connectivity index (χ4v) is 3.67. The molecule has 31 heavy (non-hydrogen) atoms. The van der Waals surface area contributed by atoms with E-state index >= 15 is 0 Å². The van der Waals surface area contributed by atoms with Crippen molar-refractivity contribution in [3.8, 4) is 0 Å². The van der Waals surface area contributed by atoms with Crippen LogP contribution in [0.5, 0.6) is 0 Å². The molecule has 0 fully saturated rings. The minimum atomic E-state index is -1.85. The number of nitrogens with one attached hydrogen (secondary N) is 1. The Morgan fingerprint density at radius 2 is 1.03 bits per heavy atom. The van der Waals surface area contributed by atoms with Crippen molar-refractivity contribution >= 4 is 5.91 Å². The van der Waals surface area contributed by atoms with Gasteiger partial charge in [-0.2, -0.15) is 0 Å². The third kappa shape index (κ3) is 16.5. The molecule has 0 saturated heterocycles. The lowest BCUT2D eigenvalue weighted by Gasteiger charge is -2.24. The predicted octanol–water partition coefficient (Wildman–Crippen LogP) is 2.80. The van der Waals surface area contributed by atoms with E-state index in [9.17, 15) is 25.2 Å². The molecule has 186 valence electrons. The standard InChI is InChI=1S/C24H49NO6/c1-2-3-4-5-6-7-8-9-10-11-12-13-14-15-16-17-18-25-24(31)23(30)22(29)21(28)20(27)19-26/h20-23,26-30H,2-19H2,1H3,(H,25,31)/t20-,21+,22+,23+/m1/s1. The summed E-state index contributed by atoms with van der Waals surface area (Å²) in [5, 5.41) is 49.4. The van der Waals surface area contributed by atoms with E-state index in [1.54, 1.807) is 0 Å². The molecule has 0 aliphatic rings. The Hall–Kier alpha value is -0.730. The first kappa shape index (κ1) is 30.3. The summed E-state index contributed by atoms with van der Waals surface area (Å²) in [5.41, 5.74) is 0. The second-order valence-corrected chi connectivity index (χ2v) is 8.77. The third-order valence-corrected chi connectivity index (χ3v) is 5.85. The Balaban J connectivity index is 3.45. The number of carbonyl (C=O) groups is 1. The summed E-state index contributed by atoms with van der Waals surface area (Å²) in [5.74, 6) is -0.794. The molecular weight excluding hydrogens is 398 g/mol. The van der Waals surface area contributed by atoms with Gasteiger partial charge in [0.1, 0.15) is 18.3 Å².